The monoisotopic (exact) mass is 361 g/mol. The zero-order chi connectivity index (χ0) is 18.8. The lowest BCUT2D eigenvalue weighted by Crippen LogP contribution is -2.44. The third-order valence-corrected chi connectivity index (χ3v) is 5.35. The molecule has 2 aromatic carbocycles. The molecule has 0 bridgehead atoms. The summed E-state index contributed by atoms with van der Waals surface area (Å²) in [6.45, 7) is 4.03. The molecule has 138 valence electrons. The molecule has 0 aliphatic carbocycles. The number of piperidine rings is 1. The van der Waals surface area contributed by atoms with E-state index in [-0.39, 0.29) is 6.04 Å². The standard InChI is InChI=1S/C21H23N5O/c1-13-4-2-3-5-14(13)15-8-9-23-11-19(15)26-18-7-6-16(21(22)27)20-17(18)10-24-12-25-20/h2-7,10,12,15,19,23,26H,8-9,11H2,1H3,(H2,22,27). The Morgan fingerprint density at radius 2 is 2.11 bits per heavy atom. The van der Waals surface area contributed by atoms with Crippen LogP contribution in [0.4, 0.5) is 5.69 Å². The number of amides is 1. The lowest BCUT2D eigenvalue weighted by atomic mass is 9.83. The number of carbonyl (C=O) groups is 1. The van der Waals surface area contributed by atoms with E-state index < -0.39 is 5.91 Å². The molecule has 2 unspecified atom stereocenters. The quantitative estimate of drug-likeness (QED) is 0.664. The van der Waals surface area contributed by atoms with E-state index in [0.29, 0.717) is 17.0 Å². The number of hydrogen-bond donors (Lipinski definition) is 3. The second-order valence-electron chi connectivity index (χ2n) is 7.02. The summed E-state index contributed by atoms with van der Waals surface area (Å²) < 4.78 is 0. The van der Waals surface area contributed by atoms with Crippen molar-refractivity contribution in [2.45, 2.75) is 25.3 Å². The Kier molecular flexibility index (Phi) is 4.73. The number of nitrogens with zero attached hydrogens (tertiary/aromatic N) is 2. The number of anilines is 1. The van der Waals surface area contributed by atoms with Gasteiger partial charge in [-0.25, -0.2) is 9.97 Å². The number of primary amides is 1. The number of hydrogen-bond acceptors (Lipinski definition) is 5. The third kappa shape index (κ3) is 3.36. The van der Waals surface area contributed by atoms with Crippen LogP contribution in [0, 0.1) is 6.92 Å². The summed E-state index contributed by atoms with van der Waals surface area (Å²) in [7, 11) is 0. The zero-order valence-electron chi connectivity index (χ0n) is 15.3. The number of rotatable bonds is 4. The van der Waals surface area contributed by atoms with Crippen LogP contribution in [0.15, 0.2) is 48.9 Å². The molecule has 3 aromatic rings. The summed E-state index contributed by atoms with van der Waals surface area (Å²) in [6.07, 6.45) is 4.24. The van der Waals surface area contributed by atoms with Gasteiger partial charge in [0, 0.05) is 35.8 Å². The van der Waals surface area contributed by atoms with E-state index in [1.807, 2.05) is 6.07 Å². The van der Waals surface area contributed by atoms with Gasteiger partial charge in [0.15, 0.2) is 0 Å². The number of nitrogens with one attached hydrogen (secondary N) is 2. The predicted molar refractivity (Wildman–Crippen MR) is 107 cm³/mol. The van der Waals surface area contributed by atoms with Crippen molar-refractivity contribution in [1.29, 1.82) is 0 Å². The lowest BCUT2D eigenvalue weighted by molar-refractivity contribution is 0.100. The molecular weight excluding hydrogens is 338 g/mol. The van der Waals surface area contributed by atoms with Crippen molar-refractivity contribution in [3.05, 3.63) is 65.6 Å². The molecule has 0 spiro atoms. The molecule has 6 nitrogen and oxygen atoms in total. The average Bonchev–Trinajstić information content (AvgIpc) is 2.69. The van der Waals surface area contributed by atoms with Crippen LogP contribution in [-0.4, -0.2) is 35.0 Å². The van der Waals surface area contributed by atoms with Gasteiger partial charge in [0.05, 0.1) is 11.1 Å². The van der Waals surface area contributed by atoms with Gasteiger partial charge in [-0.15, -0.1) is 0 Å². The van der Waals surface area contributed by atoms with Crippen molar-refractivity contribution in [1.82, 2.24) is 15.3 Å². The molecule has 1 amide bonds. The number of aryl methyl sites for hydroxylation is 1. The van der Waals surface area contributed by atoms with Gasteiger partial charge < -0.3 is 16.4 Å². The Bertz CT molecular complexity index is 987. The van der Waals surface area contributed by atoms with Crippen LogP contribution < -0.4 is 16.4 Å². The number of aromatic nitrogens is 2. The molecule has 0 saturated carbocycles. The first-order valence-corrected chi connectivity index (χ1v) is 9.20. The fourth-order valence-electron chi connectivity index (χ4n) is 3.99. The maximum absolute atomic E-state index is 11.7. The van der Waals surface area contributed by atoms with E-state index in [0.717, 1.165) is 30.6 Å². The molecule has 1 aromatic heterocycles. The topological polar surface area (TPSA) is 92.9 Å². The third-order valence-electron chi connectivity index (χ3n) is 5.35. The van der Waals surface area contributed by atoms with Crippen molar-refractivity contribution in [3.63, 3.8) is 0 Å². The van der Waals surface area contributed by atoms with Crippen molar-refractivity contribution < 1.29 is 4.79 Å². The molecule has 2 atom stereocenters. The molecule has 6 heteroatoms. The van der Waals surface area contributed by atoms with Crippen molar-refractivity contribution >= 4 is 22.5 Å². The predicted octanol–water partition coefficient (Wildman–Crippen LogP) is 2.59. The lowest BCUT2D eigenvalue weighted by Gasteiger charge is -2.35. The SMILES string of the molecule is Cc1ccccc1C1CCNCC1Nc1ccc(C(N)=O)c2ncncc12. The Morgan fingerprint density at radius 3 is 2.93 bits per heavy atom. The van der Waals surface area contributed by atoms with Crippen LogP contribution >= 0.6 is 0 Å². The Morgan fingerprint density at radius 1 is 1.26 bits per heavy atom. The molecule has 1 aliphatic heterocycles. The highest BCUT2D eigenvalue weighted by atomic mass is 16.1. The van der Waals surface area contributed by atoms with Gasteiger partial charge in [-0.2, -0.15) is 0 Å². The maximum atomic E-state index is 11.7. The highest BCUT2D eigenvalue weighted by Crippen LogP contribution is 2.32. The minimum Gasteiger partial charge on any atom is -0.380 e. The highest BCUT2D eigenvalue weighted by molar-refractivity contribution is 6.07. The molecular formula is C21H23N5O. The molecule has 1 fully saturated rings. The van der Waals surface area contributed by atoms with Crippen LogP contribution in [0.5, 0.6) is 0 Å². The zero-order valence-corrected chi connectivity index (χ0v) is 15.3. The van der Waals surface area contributed by atoms with E-state index in [9.17, 15) is 4.79 Å². The van der Waals surface area contributed by atoms with Gasteiger partial charge in [-0.3, -0.25) is 4.79 Å². The highest BCUT2D eigenvalue weighted by Gasteiger charge is 2.28. The minimum absolute atomic E-state index is 0.225. The number of benzene rings is 2. The fourth-order valence-corrected chi connectivity index (χ4v) is 3.99. The van der Waals surface area contributed by atoms with Gasteiger partial charge in [0.2, 0.25) is 0 Å². The average molecular weight is 361 g/mol. The second kappa shape index (κ2) is 7.32. The van der Waals surface area contributed by atoms with Crippen molar-refractivity contribution in [3.8, 4) is 0 Å². The summed E-state index contributed by atoms with van der Waals surface area (Å²) in [5, 5.41) is 7.96. The first-order chi connectivity index (χ1) is 13.1. The van der Waals surface area contributed by atoms with Gasteiger partial charge >= 0.3 is 0 Å². The number of fused-ring (bicyclic) bond motifs is 1. The summed E-state index contributed by atoms with van der Waals surface area (Å²) in [5.74, 6) is -0.0784. The van der Waals surface area contributed by atoms with Crippen LogP contribution in [0.1, 0.15) is 33.8 Å². The summed E-state index contributed by atoms with van der Waals surface area (Å²) in [6, 6.07) is 12.4. The van der Waals surface area contributed by atoms with Crippen LogP contribution in [0.2, 0.25) is 0 Å². The van der Waals surface area contributed by atoms with E-state index in [1.165, 1.54) is 17.5 Å². The molecule has 4 rings (SSSR count). The van der Waals surface area contributed by atoms with Crippen LogP contribution in [0.25, 0.3) is 10.9 Å². The molecule has 1 aliphatic rings. The maximum Gasteiger partial charge on any atom is 0.250 e. The summed E-state index contributed by atoms with van der Waals surface area (Å²) >= 11 is 0. The fraction of sp³-hybridized carbons (Fsp3) is 0.286. The molecule has 1 saturated heterocycles. The Balaban J connectivity index is 1.71. The molecule has 2 heterocycles. The van der Waals surface area contributed by atoms with Crippen molar-refractivity contribution in [2.24, 2.45) is 5.73 Å². The van der Waals surface area contributed by atoms with Crippen LogP contribution in [-0.2, 0) is 0 Å². The molecule has 27 heavy (non-hydrogen) atoms. The van der Waals surface area contributed by atoms with E-state index >= 15 is 0 Å². The second-order valence-corrected chi connectivity index (χ2v) is 7.02. The number of carbonyl (C=O) groups excluding carboxylic acids is 1. The Hall–Kier alpha value is -2.99. The van der Waals surface area contributed by atoms with E-state index in [1.54, 1.807) is 12.3 Å². The summed E-state index contributed by atoms with van der Waals surface area (Å²) in [5.41, 5.74) is 10.1. The summed E-state index contributed by atoms with van der Waals surface area (Å²) in [4.78, 5) is 20.1. The van der Waals surface area contributed by atoms with Crippen LogP contribution in [0.3, 0.4) is 0 Å². The van der Waals surface area contributed by atoms with Gasteiger partial charge in [-0.05, 0) is 43.1 Å². The van der Waals surface area contributed by atoms with Gasteiger partial charge in [0.1, 0.15) is 6.33 Å². The first-order valence-electron chi connectivity index (χ1n) is 9.20. The normalized spacial score (nSPS) is 19.7. The van der Waals surface area contributed by atoms with Gasteiger partial charge in [0.25, 0.3) is 5.91 Å². The van der Waals surface area contributed by atoms with Crippen molar-refractivity contribution in [2.75, 3.05) is 18.4 Å². The smallest absolute Gasteiger partial charge is 0.250 e. The Labute approximate surface area is 158 Å². The minimum atomic E-state index is -0.484. The molecule has 4 N–H and O–H groups in total. The molecule has 0 radical (unpaired) electrons. The van der Waals surface area contributed by atoms with E-state index in [4.69, 9.17) is 5.73 Å². The number of nitrogens with two attached hydrogens (primary N) is 1. The van der Waals surface area contributed by atoms with Gasteiger partial charge in [-0.1, -0.05) is 24.3 Å². The van der Waals surface area contributed by atoms with E-state index in [2.05, 4.69) is 51.8 Å². The largest absolute Gasteiger partial charge is 0.380 e. The first kappa shape index (κ1) is 17.4.